The largest absolute Gasteiger partial charge is 0.481 e. The molecule has 0 amide bonds. The highest BCUT2D eigenvalue weighted by atomic mass is 35.5. The molecule has 2 nitrogen and oxygen atoms in total. The van der Waals surface area contributed by atoms with Crippen molar-refractivity contribution in [3.05, 3.63) is 0 Å². The molecular formula is C11H14Cl2O2. The highest BCUT2D eigenvalue weighted by Gasteiger charge is 2.68. The highest BCUT2D eigenvalue weighted by molar-refractivity contribution is 6.50. The van der Waals surface area contributed by atoms with Gasteiger partial charge in [0, 0.05) is 0 Å². The number of hydrogen-bond acceptors (Lipinski definition) is 1. The molecule has 4 heteroatoms. The Hall–Kier alpha value is 0.0500. The lowest BCUT2D eigenvalue weighted by Gasteiger charge is -2.60. The number of carboxylic acids is 1. The molecule has 0 radical (unpaired) electrons. The number of hydrogen-bond donors (Lipinski definition) is 1. The van der Waals surface area contributed by atoms with E-state index < -0.39 is 15.7 Å². The van der Waals surface area contributed by atoms with Gasteiger partial charge in [-0.3, -0.25) is 4.79 Å². The first-order valence-electron chi connectivity index (χ1n) is 5.57. The van der Waals surface area contributed by atoms with Gasteiger partial charge in [-0.25, -0.2) is 0 Å². The predicted molar refractivity (Wildman–Crippen MR) is 58.1 cm³/mol. The van der Waals surface area contributed by atoms with Crippen LogP contribution in [0.25, 0.3) is 0 Å². The molecule has 1 N–H and O–H groups in total. The van der Waals surface area contributed by atoms with Gasteiger partial charge in [0.2, 0.25) is 0 Å². The second-order valence-electron chi connectivity index (χ2n) is 5.55. The molecular weight excluding hydrogens is 235 g/mol. The maximum absolute atomic E-state index is 11.5. The Morgan fingerprint density at radius 1 is 1.13 bits per heavy atom. The molecule has 2 unspecified atom stereocenters. The van der Waals surface area contributed by atoms with E-state index in [2.05, 4.69) is 0 Å². The zero-order valence-corrected chi connectivity index (χ0v) is 9.89. The number of carbonyl (C=O) groups is 1. The van der Waals surface area contributed by atoms with Crippen molar-refractivity contribution < 1.29 is 9.90 Å². The lowest BCUT2D eigenvalue weighted by Crippen LogP contribution is -2.62. The molecule has 4 aliphatic carbocycles. The van der Waals surface area contributed by atoms with E-state index in [1.54, 1.807) is 0 Å². The molecule has 0 saturated heterocycles. The average molecular weight is 249 g/mol. The van der Waals surface area contributed by atoms with Crippen molar-refractivity contribution >= 4 is 29.2 Å². The molecule has 0 aromatic rings. The van der Waals surface area contributed by atoms with Gasteiger partial charge in [0.05, 0.1) is 0 Å². The van der Waals surface area contributed by atoms with Gasteiger partial charge >= 0.3 is 5.97 Å². The molecule has 0 aromatic carbocycles. The van der Waals surface area contributed by atoms with Crippen LogP contribution in [0, 0.1) is 23.2 Å². The highest BCUT2D eigenvalue weighted by Crippen LogP contribution is 2.68. The Labute approximate surface area is 98.9 Å². The van der Waals surface area contributed by atoms with Crippen LogP contribution in [0.15, 0.2) is 0 Å². The van der Waals surface area contributed by atoms with E-state index >= 15 is 0 Å². The fourth-order valence-electron chi connectivity index (χ4n) is 4.24. The van der Waals surface area contributed by atoms with Crippen molar-refractivity contribution in [3.63, 3.8) is 0 Å². The Balaban J connectivity index is 2.08. The zero-order chi connectivity index (χ0) is 10.8. The monoisotopic (exact) mass is 248 g/mol. The first-order valence-corrected chi connectivity index (χ1v) is 6.32. The molecule has 4 fully saturated rings. The topological polar surface area (TPSA) is 37.3 Å². The van der Waals surface area contributed by atoms with Crippen molar-refractivity contribution in [3.8, 4) is 0 Å². The summed E-state index contributed by atoms with van der Waals surface area (Å²) >= 11 is 12.7. The molecule has 0 aliphatic heterocycles. The molecule has 84 valence electrons. The predicted octanol–water partition coefficient (Wildman–Crippen LogP) is 3.07. The molecule has 0 spiro atoms. The summed E-state index contributed by atoms with van der Waals surface area (Å²) in [4.78, 5) is 11.5. The second-order valence-corrected chi connectivity index (χ2v) is 6.94. The maximum Gasteiger partial charge on any atom is 0.312 e. The van der Waals surface area contributed by atoms with Gasteiger partial charge in [-0.05, 0) is 49.9 Å². The minimum atomic E-state index is -1.04. The van der Waals surface area contributed by atoms with Gasteiger partial charge in [0.25, 0.3) is 0 Å². The number of alkyl halides is 2. The Kier molecular flexibility index (Phi) is 1.93. The summed E-state index contributed by atoms with van der Waals surface area (Å²) in [5, 5.41) is 9.45. The summed E-state index contributed by atoms with van der Waals surface area (Å²) in [5.74, 6) is 0.503. The van der Waals surface area contributed by atoms with E-state index in [-0.39, 0.29) is 5.92 Å². The van der Waals surface area contributed by atoms with Gasteiger partial charge in [-0.2, -0.15) is 0 Å². The van der Waals surface area contributed by atoms with Crippen LogP contribution in [0.3, 0.4) is 0 Å². The molecule has 15 heavy (non-hydrogen) atoms. The fraction of sp³-hybridized carbons (Fsp3) is 0.909. The van der Waals surface area contributed by atoms with Crippen LogP contribution in [-0.2, 0) is 4.79 Å². The SMILES string of the molecule is O=C(O)C12C[C@@H]3CC(C[C@@H](C3)C1)C2(Cl)Cl. The summed E-state index contributed by atoms with van der Waals surface area (Å²) in [6.07, 6.45) is 4.61. The average Bonchev–Trinajstić information content (AvgIpc) is 2.13. The molecule has 4 saturated carbocycles. The van der Waals surface area contributed by atoms with Crippen molar-refractivity contribution in [2.45, 2.75) is 36.4 Å². The molecule has 0 aromatic heterocycles. The first-order chi connectivity index (χ1) is 6.96. The summed E-state index contributed by atoms with van der Waals surface area (Å²) in [6, 6.07) is 0. The summed E-state index contributed by atoms with van der Waals surface area (Å²) in [6.45, 7) is 0. The molecule has 0 heterocycles. The van der Waals surface area contributed by atoms with Crippen LogP contribution in [0.1, 0.15) is 32.1 Å². The van der Waals surface area contributed by atoms with Crippen molar-refractivity contribution in [1.29, 1.82) is 0 Å². The van der Waals surface area contributed by atoms with E-state index in [0.29, 0.717) is 24.7 Å². The van der Waals surface area contributed by atoms with Crippen LogP contribution in [0.4, 0.5) is 0 Å². The smallest absolute Gasteiger partial charge is 0.312 e. The molecule has 4 rings (SSSR count). The standard InChI is InChI=1S/C11H14Cl2O2/c12-11(13)8-2-6-1-7(3-8)5-10(11,4-6)9(14)15/h6-8H,1-5H2,(H,14,15)/t6-,7+,8?,10?. The minimum absolute atomic E-state index is 0.197. The molecule has 4 bridgehead atoms. The van der Waals surface area contributed by atoms with Crippen molar-refractivity contribution in [1.82, 2.24) is 0 Å². The van der Waals surface area contributed by atoms with Crippen LogP contribution in [-0.4, -0.2) is 15.4 Å². The van der Waals surface area contributed by atoms with E-state index in [9.17, 15) is 9.90 Å². The van der Waals surface area contributed by atoms with Crippen LogP contribution in [0.2, 0.25) is 0 Å². The second kappa shape index (κ2) is 2.84. The number of aliphatic carboxylic acids is 1. The number of rotatable bonds is 1. The van der Waals surface area contributed by atoms with E-state index in [1.165, 1.54) is 6.42 Å². The summed E-state index contributed by atoms with van der Waals surface area (Å²) in [7, 11) is 0. The van der Waals surface area contributed by atoms with Gasteiger partial charge in [-0.15, -0.1) is 23.2 Å². The van der Waals surface area contributed by atoms with Crippen molar-refractivity contribution in [2.75, 3.05) is 0 Å². The van der Waals surface area contributed by atoms with Gasteiger partial charge in [0.15, 0.2) is 0 Å². The Morgan fingerprint density at radius 3 is 2.13 bits per heavy atom. The third-order valence-corrected chi connectivity index (χ3v) is 6.08. The quantitative estimate of drug-likeness (QED) is 0.725. The van der Waals surface area contributed by atoms with E-state index in [1.807, 2.05) is 0 Å². The summed E-state index contributed by atoms with van der Waals surface area (Å²) < 4.78 is -1.04. The third kappa shape index (κ3) is 1.10. The van der Waals surface area contributed by atoms with Crippen LogP contribution in [0.5, 0.6) is 0 Å². The van der Waals surface area contributed by atoms with Crippen LogP contribution >= 0.6 is 23.2 Å². The lowest BCUT2D eigenvalue weighted by molar-refractivity contribution is -0.166. The molecule has 4 aliphatic rings. The Bertz CT molecular complexity index is 313. The van der Waals surface area contributed by atoms with Crippen LogP contribution < -0.4 is 0 Å². The van der Waals surface area contributed by atoms with Gasteiger partial charge in [0.1, 0.15) is 9.75 Å². The summed E-state index contributed by atoms with van der Waals surface area (Å²) in [5.41, 5.74) is -0.856. The Morgan fingerprint density at radius 2 is 1.67 bits per heavy atom. The van der Waals surface area contributed by atoms with Gasteiger partial charge in [-0.1, -0.05) is 0 Å². The van der Waals surface area contributed by atoms with Crippen molar-refractivity contribution in [2.24, 2.45) is 23.2 Å². The third-order valence-electron chi connectivity index (χ3n) is 4.74. The van der Waals surface area contributed by atoms with Gasteiger partial charge < -0.3 is 5.11 Å². The zero-order valence-electron chi connectivity index (χ0n) is 8.38. The minimum Gasteiger partial charge on any atom is -0.481 e. The molecule has 4 atom stereocenters. The number of halogens is 2. The fourth-order valence-corrected chi connectivity index (χ4v) is 5.07. The van der Waals surface area contributed by atoms with E-state index in [0.717, 1.165) is 12.8 Å². The van der Waals surface area contributed by atoms with E-state index in [4.69, 9.17) is 23.2 Å². The lowest BCUT2D eigenvalue weighted by atomic mass is 9.49. The maximum atomic E-state index is 11.5. The first kappa shape index (κ1) is 10.2. The number of carboxylic acid groups (broad SMARTS) is 1. The normalized spacial score (nSPS) is 50.7.